The molecular formula is C13H13F2N3OS3. The SMILES string of the molecule is CCSc1nnc(S[C@@H](C)C(=O)Nc2c(F)cccc2F)s1. The highest BCUT2D eigenvalue weighted by Crippen LogP contribution is 2.31. The maximum Gasteiger partial charge on any atom is 0.237 e. The van der Waals surface area contributed by atoms with Crippen LogP contribution in [0.25, 0.3) is 0 Å². The summed E-state index contributed by atoms with van der Waals surface area (Å²) in [6, 6.07) is 3.43. The first kappa shape index (κ1) is 17.2. The topological polar surface area (TPSA) is 54.9 Å². The quantitative estimate of drug-likeness (QED) is 0.787. The van der Waals surface area contributed by atoms with Gasteiger partial charge in [-0.1, -0.05) is 47.9 Å². The third-order valence-corrected chi connectivity index (χ3v) is 5.64. The molecule has 0 spiro atoms. The number of hydrogen-bond acceptors (Lipinski definition) is 6. The average molecular weight is 361 g/mol. The van der Waals surface area contributed by atoms with Crippen LogP contribution >= 0.6 is 34.9 Å². The van der Waals surface area contributed by atoms with Crippen molar-refractivity contribution in [3.8, 4) is 0 Å². The van der Waals surface area contributed by atoms with Crippen molar-refractivity contribution < 1.29 is 13.6 Å². The van der Waals surface area contributed by atoms with E-state index in [4.69, 9.17) is 0 Å². The minimum atomic E-state index is -0.803. The highest BCUT2D eigenvalue weighted by atomic mass is 32.2. The van der Waals surface area contributed by atoms with E-state index in [-0.39, 0.29) is 0 Å². The predicted octanol–water partition coefficient (Wildman–Crippen LogP) is 4.05. The molecular weight excluding hydrogens is 348 g/mol. The van der Waals surface area contributed by atoms with E-state index < -0.39 is 28.5 Å². The van der Waals surface area contributed by atoms with Crippen molar-refractivity contribution in [1.82, 2.24) is 10.2 Å². The second-order valence-corrected chi connectivity index (χ2v) is 8.19. The molecule has 1 N–H and O–H groups in total. The molecule has 4 nitrogen and oxygen atoms in total. The Labute approximate surface area is 139 Å². The first-order valence-corrected chi connectivity index (χ1v) is 9.07. The van der Waals surface area contributed by atoms with Crippen molar-refractivity contribution in [1.29, 1.82) is 0 Å². The molecule has 9 heteroatoms. The van der Waals surface area contributed by atoms with Gasteiger partial charge in [-0.15, -0.1) is 10.2 Å². The zero-order valence-corrected chi connectivity index (χ0v) is 14.2. The van der Waals surface area contributed by atoms with Crippen molar-refractivity contribution >= 4 is 46.5 Å². The molecule has 1 amide bonds. The van der Waals surface area contributed by atoms with E-state index in [2.05, 4.69) is 15.5 Å². The number of nitrogens with zero attached hydrogens (tertiary/aromatic N) is 2. The third-order valence-electron chi connectivity index (χ3n) is 2.51. The molecule has 1 heterocycles. The number of anilines is 1. The molecule has 2 aromatic rings. The lowest BCUT2D eigenvalue weighted by molar-refractivity contribution is -0.115. The Bertz CT molecular complexity index is 645. The number of benzene rings is 1. The van der Waals surface area contributed by atoms with Crippen LogP contribution in [0.15, 0.2) is 26.9 Å². The summed E-state index contributed by atoms with van der Waals surface area (Å²) in [5.41, 5.74) is -0.431. The van der Waals surface area contributed by atoms with Crippen LogP contribution in [0.4, 0.5) is 14.5 Å². The van der Waals surface area contributed by atoms with Crippen LogP contribution in [-0.2, 0) is 4.79 Å². The summed E-state index contributed by atoms with van der Waals surface area (Å²) in [5.74, 6) is -1.21. The van der Waals surface area contributed by atoms with E-state index in [1.807, 2.05) is 6.92 Å². The molecule has 0 aliphatic carbocycles. The van der Waals surface area contributed by atoms with Gasteiger partial charge < -0.3 is 5.32 Å². The fourth-order valence-corrected chi connectivity index (χ4v) is 4.53. The van der Waals surface area contributed by atoms with Gasteiger partial charge in [0.25, 0.3) is 0 Å². The summed E-state index contributed by atoms with van der Waals surface area (Å²) >= 11 is 4.17. The minimum Gasteiger partial charge on any atom is -0.320 e. The predicted molar refractivity (Wildman–Crippen MR) is 86.6 cm³/mol. The molecule has 0 saturated heterocycles. The van der Waals surface area contributed by atoms with Crippen molar-refractivity contribution in [2.45, 2.75) is 27.8 Å². The molecule has 0 radical (unpaired) electrons. The van der Waals surface area contributed by atoms with Gasteiger partial charge in [-0.05, 0) is 24.8 Å². The van der Waals surface area contributed by atoms with Crippen molar-refractivity contribution in [2.24, 2.45) is 0 Å². The van der Waals surface area contributed by atoms with Crippen LogP contribution < -0.4 is 5.32 Å². The van der Waals surface area contributed by atoms with Crippen molar-refractivity contribution in [3.05, 3.63) is 29.8 Å². The minimum absolute atomic E-state index is 0.431. The molecule has 1 atom stereocenters. The summed E-state index contributed by atoms with van der Waals surface area (Å²) in [6.45, 7) is 3.66. The number of halogens is 2. The van der Waals surface area contributed by atoms with E-state index in [0.717, 1.165) is 22.2 Å². The van der Waals surface area contributed by atoms with Gasteiger partial charge in [0.05, 0.1) is 5.25 Å². The highest BCUT2D eigenvalue weighted by molar-refractivity contribution is 8.03. The smallest absolute Gasteiger partial charge is 0.237 e. The van der Waals surface area contributed by atoms with Gasteiger partial charge in [0.1, 0.15) is 17.3 Å². The maximum absolute atomic E-state index is 13.5. The van der Waals surface area contributed by atoms with E-state index >= 15 is 0 Å². The number of thioether (sulfide) groups is 2. The molecule has 0 fully saturated rings. The second kappa shape index (κ2) is 7.89. The Morgan fingerprint density at radius 3 is 2.59 bits per heavy atom. The Hall–Kier alpha value is -1.19. The number of aromatic nitrogens is 2. The number of carbonyl (C=O) groups excluding carboxylic acids is 1. The van der Waals surface area contributed by atoms with Crippen molar-refractivity contribution in [3.63, 3.8) is 0 Å². The fraction of sp³-hybridized carbons (Fsp3) is 0.308. The number of amides is 1. The van der Waals surface area contributed by atoms with Crippen LogP contribution in [0, 0.1) is 11.6 Å². The molecule has 22 heavy (non-hydrogen) atoms. The number of rotatable bonds is 6. The third kappa shape index (κ3) is 4.40. The number of nitrogens with one attached hydrogen (secondary N) is 1. The molecule has 1 aromatic carbocycles. The van der Waals surface area contributed by atoms with E-state index in [9.17, 15) is 13.6 Å². The maximum atomic E-state index is 13.5. The van der Waals surface area contributed by atoms with Gasteiger partial charge in [-0.3, -0.25) is 4.79 Å². The highest BCUT2D eigenvalue weighted by Gasteiger charge is 2.20. The lowest BCUT2D eigenvalue weighted by Crippen LogP contribution is -2.23. The lowest BCUT2D eigenvalue weighted by Gasteiger charge is -2.11. The Balaban J connectivity index is 1.99. The lowest BCUT2D eigenvalue weighted by atomic mass is 10.3. The molecule has 0 saturated carbocycles. The van der Waals surface area contributed by atoms with Gasteiger partial charge in [0.2, 0.25) is 5.91 Å². The van der Waals surface area contributed by atoms with E-state index in [0.29, 0.717) is 4.34 Å². The van der Waals surface area contributed by atoms with Gasteiger partial charge >= 0.3 is 0 Å². The normalized spacial score (nSPS) is 12.2. The molecule has 2 rings (SSSR count). The average Bonchev–Trinajstić information content (AvgIpc) is 2.90. The summed E-state index contributed by atoms with van der Waals surface area (Å²) in [4.78, 5) is 12.0. The molecule has 0 aliphatic rings. The Morgan fingerprint density at radius 1 is 1.32 bits per heavy atom. The van der Waals surface area contributed by atoms with Gasteiger partial charge in [-0.2, -0.15) is 0 Å². The van der Waals surface area contributed by atoms with E-state index in [1.54, 1.807) is 18.7 Å². The first-order valence-electron chi connectivity index (χ1n) is 6.39. The summed E-state index contributed by atoms with van der Waals surface area (Å²) < 4.78 is 28.5. The standard InChI is InChI=1S/C13H13F2N3OS3/c1-3-20-12-17-18-13(22-12)21-7(2)11(19)16-10-8(14)5-4-6-9(10)15/h4-7H,3H2,1-2H3,(H,16,19)/t7-/m0/s1. The number of para-hydroxylation sites is 1. The molecule has 0 unspecified atom stereocenters. The summed E-state index contributed by atoms with van der Waals surface area (Å²) in [5, 5.41) is 9.69. The van der Waals surface area contributed by atoms with Gasteiger partial charge in [0, 0.05) is 0 Å². The van der Waals surface area contributed by atoms with Crippen LogP contribution in [0.5, 0.6) is 0 Å². The molecule has 0 aliphatic heterocycles. The Kier molecular flexibility index (Phi) is 6.16. The van der Waals surface area contributed by atoms with E-state index in [1.165, 1.54) is 29.2 Å². The number of carbonyl (C=O) groups is 1. The summed E-state index contributed by atoms with van der Waals surface area (Å²) in [7, 11) is 0. The molecule has 118 valence electrons. The Morgan fingerprint density at radius 2 is 1.95 bits per heavy atom. The second-order valence-electron chi connectivity index (χ2n) is 4.11. The largest absolute Gasteiger partial charge is 0.320 e. The van der Waals surface area contributed by atoms with Crippen LogP contribution in [0.1, 0.15) is 13.8 Å². The van der Waals surface area contributed by atoms with Crippen LogP contribution in [-0.4, -0.2) is 27.1 Å². The van der Waals surface area contributed by atoms with Gasteiger partial charge in [-0.25, -0.2) is 8.78 Å². The monoisotopic (exact) mass is 361 g/mol. The van der Waals surface area contributed by atoms with Crippen molar-refractivity contribution in [2.75, 3.05) is 11.1 Å². The first-order chi connectivity index (χ1) is 10.5. The fourth-order valence-electron chi connectivity index (χ4n) is 1.47. The van der Waals surface area contributed by atoms with Gasteiger partial charge in [0.15, 0.2) is 8.68 Å². The number of hydrogen-bond donors (Lipinski definition) is 1. The molecule has 0 bridgehead atoms. The zero-order chi connectivity index (χ0) is 16.1. The van der Waals surface area contributed by atoms with Crippen LogP contribution in [0.3, 0.4) is 0 Å². The van der Waals surface area contributed by atoms with Crippen LogP contribution in [0.2, 0.25) is 0 Å². The summed E-state index contributed by atoms with van der Waals surface area (Å²) in [6.07, 6.45) is 0. The zero-order valence-electron chi connectivity index (χ0n) is 11.8. The molecule has 1 aromatic heterocycles.